The Kier molecular flexibility index (Phi) is 4.61. The van der Waals surface area contributed by atoms with E-state index in [2.05, 4.69) is 9.85 Å². The fraction of sp³-hybridized carbons (Fsp3) is 0.455. The van der Waals surface area contributed by atoms with Gasteiger partial charge in [0.15, 0.2) is 6.23 Å². The van der Waals surface area contributed by atoms with Crippen LogP contribution in [0.1, 0.15) is 11.8 Å². The summed E-state index contributed by atoms with van der Waals surface area (Å²) < 4.78 is 8.64. The van der Waals surface area contributed by atoms with Crippen molar-refractivity contribution in [3.05, 3.63) is 32.6 Å². The Labute approximate surface area is 126 Å². The number of nitrogens with one attached hydrogen (secondary N) is 1. The minimum Gasteiger partial charge on any atom is -0.394 e. The third-order valence-corrected chi connectivity index (χ3v) is 3.21. The Morgan fingerprint density at radius 3 is 2.65 bits per heavy atom. The van der Waals surface area contributed by atoms with E-state index in [1.165, 1.54) is 0 Å². The smallest absolute Gasteiger partial charge is 0.330 e. The highest BCUT2D eigenvalue weighted by atomic mass is 127. The summed E-state index contributed by atoms with van der Waals surface area (Å²) in [7, 11) is 0. The SMILES string of the molecule is O=c1[nH]c(=O)n([C@H]2O[C@@H](CO)C(O)C2O)cc1C#CI. The van der Waals surface area contributed by atoms with Crippen LogP contribution in [0.3, 0.4) is 0 Å². The van der Waals surface area contributed by atoms with E-state index in [1.807, 2.05) is 4.98 Å². The first kappa shape index (κ1) is 15.2. The maximum atomic E-state index is 11.8. The number of rotatable bonds is 2. The van der Waals surface area contributed by atoms with Crippen molar-refractivity contribution in [2.24, 2.45) is 0 Å². The number of aromatic amines is 1. The lowest BCUT2D eigenvalue weighted by Gasteiger charge is -2.17. The van der Waals surface area contributed by atoms with Crippen molar-refractivity contribution in [2.75, 3.05) is 6.61 Å². The van der Waals surface area contributed by atoms with Crippen LogP contribution in [0.4, 0.5) is 0 Å². The van der Waals surface area contributed by atoms with Gasteiger partial charge >= 0.3 is 5.69 Å². The third kappa shape index (κ3) is 2.65. The number of hydrogen-bond acceptors (Lipinski definition) is 6. The highest BCUT2D eigenvalue weighted by Gasteiger charge is 2.43. The summed E-state index contributed by atoms with van der Waals surface area (Å²) in [6.07, 6.45) is -3.80. The maximum Gasteiger partial charge on any atom is 0.330 e. The molecule has 0 bridgehead atoms. The van der Waals surface area contributed by atoms with Gasteiger partial charge in [-0.2, -0.15) is 0 Å². The molecule has 4 atom stereocenters. The Balaban J connectivity index is 2.47. The highest BCUT2D eigenvalue weighted by molar-refractivity contribution is 14.1. The normalized spacial score (nSPS) is 29.0. The van der Waals surface area contributed by atoms with E-state index in [-0.39, 0.29) is 5.56 Å². The Bertz CT molecular complexity index is 672. The van der Waals surface area contributed by atoms with Crippen LogP contribution in [0.5, 0.6) is 0 Å². The van der Waals surface area contributed by atoms with Gasteiger partial charge in [-0.05, 0) is 9.85 Å². The predicted octanol–water partition coefficient (Wildman–Crippen LogP) is -2.11. The molecule has 1 aliphatic heterocycles. The first-order chi connectivity index (χ1) is 9.49. The van der Waals surface area contributed by atoms with Gasteiger partial charge in [0.2, 0.25) is 0 Å². The summed E-state index contributed by atoms with van der Waals surface area (Å²) in [4.78, 5) is 25.3. The zero-order valence-corrected chi connectivity index (χ0v) is 12.1. The lowest BCUT2D eigenvalue weighted by atomic mass is 10.1. The molecule has 9 heteroatoms. The third-order valence-electron chi connectivity index (χ3n) is 2.94. The van der Waals surface area contributed by atoms with Crippen LogP contribution < -0.4 is 11.2 Å². The van der Waals surface area contributed by atoms with E-state index in [1.54, 1.807) is 22.6 Å². The molecule has 1 aliphatic rings. The van der Waals surface area contributed by atoms with Crippen LogP contribution in [-0.2, 0) is 4.74 Å². The molecule has 0 spiro atoms. The van der Waals surface area contributed by atoms with Gasteiger partial charge in [0.25, 0.3) is 5.56 Å². The quantitative estimate of drug-likeness (QED) is 0.336. The maximum absolute atomic E-state index is 11.8. The Morgan fingerprint density at radius 2 is 2.10 bits per heavy atom. The number of aliphatic hydroxyl groups is 3. The molecular weight excluding hydrogens is 383 g/mol. The van der Waals surface area contributed by atoms with Gasteiger partial charge in [-0.15, -0.1) is 0 Å². The second kappa shape index (κ2) is 6.06. The Hall–Kier alpha value is -1.19. The number of ether oxygens (including phenoxy) is 1. The fourth-order valence-corrected chi connectivity index (χ4v) is 2.21. The standard InChI is InChI=1S/C11H11IN2O6/c12-2-1-5-3-14(11(19)13-9(5)18)10-8(17)7(16)6(4-15)20-10/h3,6-8,10,15-17H,4H2,(H,13,18,19)/t6-,7?,8?,10-/m0/s1. The second-order valence-corrected chi connectivity index (χ2v) is 4.70. The molecule has 1 fully saturated rings. The molecule has 0 aromatic carbocycles. The van der Waals surface area contributed by atoms with Gasteiger partial charge < -0.3 is 20.1 Å². The average molecular weight is 394 g/mol. The molecule has 0 saturated carbocycles. The van der Waals surface area contributed by atoms with Gasteiger partial charge in [0.05, 0.1) is 6.61 Å². The van der Waals surface area contributed by atoms with Gasteiger partial charge in [0.1, 0.15) is 23.9 Å². The molecule has 0 radical (unpaired) electrons. The number of aliphatic hydroxyl groups excluding tert-OH is 3. The summed E-state index contributed by atoms with van der Waals surface area (Å²) in [5.74, 6) is 2.50. The monoisotopic (exact) mass is 394 g/mol. The van der Waals surface area contributed by atoms with Gasteiger partial charge in [0, 0.05) is 28.8 Å². The van der Waals surface area contributed by atoms with Gasteiger partial charge in [-0.25, -0.2) is 4.79 Å². The number of halogens is 1. The predicted molar refractivity (Wildman–Crippen MR) is 75.2 cm³/mol. The number of hydrogen-bond donors (Lipinski definition) is 4. The van der Waals surface area contributed by atoms with Gasteiger partial charge in [-0.1, -0.05) is 0 Å². The van der Waals surface area contributed by atoms with Gasteiger partial charge in [-0.3, -0.25) is 14.3 Å². The van der Waals surface area contributed by atoms with Crippen LogP contribution in [0, 0.1) is 9.85 Å². The van der Waals surface area contributed by atoms with Crippen molar-refractivity contribution in [3.63, 3.8) is 0 Å². The molecule has 2 unspecified atom stereocenters. The van der Waals surface area contributed by atoms with Crippen LogP contribution in [-0.4, -0.2) is 49.8 Å². The molecule has 0 amide bonds. The summed E-state index contributed by atoms with van der Waals surface area (Å²) in [5.41, 5.74) is -1.43. The molecule has 2 rings (SSSR count). The van der Waals surface area contributed by atoms with Crippen molar-refractivity contribution in [3.8, 4) is 9.85 Å². The molecule has 4 N–H and O–H groups in total. The number of nitrogens with zero attached hydrogens (tertiary/aromatic N) is 1. The van der Waals surface area contributed by atoms with E-state index in [0.717, 1.165) is 10.8 Å². The molecule has 108 valence electrons. The van der Waals surface area contributed by atoms with E-state index in [4.69, 9.17) is 9.84 Å². The van der Waals surface area contributed by atoms with Crippen LogP contribution in [0.2, 0.25) is 0 Å². The molecule has 2 heterocycles. The molecule has 1 aromatic rings. The van der Waals surface area contributed by atoms with E-state index in [9.17, 15) is 19.8 Å². The average Bonchev–Trinajstić information content (AvgIpc) is 2.70. The fourth-order valence-electron chi connectivity index (χ4n) is 1.92. The van der Waals surface area contributed by atoms with Crippen molar-refractivity contribution in [1.82, 2.24) is 9.55 Å². The van der Waals surface area contributed by atoms with Crippen LogP contribution in [0.25, 0.3) is 0 Å². The summed E-state index contributed by atoms with van der Waals surface area (Å²) in [6.45, 7) is -0.507. The van der Waals surface area contributed by atoms with Crippen LogP contribution >= 0.6 is 22.6 Å². The lowest BCUT2D eigenvalue weighted by Crippen LogP contribution is -2.38. The minimum atomic E-state index is -1.41. The molecule has 1 aromatic heterocycles. The van der Waals surface area contributed by atoms with Crippen molar-refractivity contribution in [2.45, 2.75) is 24.5 Å². The zero-order chi connectivity index (χ0) is 14.9. The number of aromatic nitrogens is 2. The highest BCUT2D eigenvalue weighted by Crippen LogP contribution is 2.27. The van der Waals surface area contributed by atoms with Crippen molar-refractivity contribution in [1.29, 1.82) is 0 Å². The zero-order valence-electron chi connectivity index (χ0n) is 9.99. The summed E-state index contributed by atoms with van der Waals surface area (Å²) >= 11 is 1.74. The Morgan fingerprint density at radius 1 is 1.40 bits per heavy atom. The minimum absolute atomic E-state index is 0.0248. The van der Waals surface area contributed by atoms with Crippen LogP contribution in [0.15, 0.2) is 15.8 Å². The molecule has 8 nitrogen and oxygen atoms in total. The van der Waals surface area contributed by atoms with E-state index >= 15 is 0 Å². The lowest BCUT2D eigenvalue weighted by molar-refractivity contribution is -0.0550. The first-order valence-corrected chi connectivity index (χ1v) is 6.67. The number of H-pyrrole nitrogens is 1. The molecule has 20 heavy (non-hydrogen) atoms. The van der Waals surface area contributed by atoms with Crippen molar-refractivity contribution < 1.29 is 20.1 Å². The van der Waals surface area contributed by atoms with E-state index < -0.39 is 42.4 Å². The van der Waals surface area contributed by atoms with Crippen molar-refractivity contribution >= 4 is 22.6 Å². The molecular formula is C11H11IN2O6. The topological polar surface area (TPSA) is 125 Å². The van der Waals surface area contributed by atoms with E-state index in [0.29, 0.717) is 0 Å². The molecule has 0 aliphatic carbocycles. The summed E-state index contributed by atoms with van der Waals surface area (Å²) in [5, 5.41) is 28.5. The molecule has 1 saturated heterocycles. The first-order valence-electron chi connectivity index (χ1n) is 5.59. The summed E-state index contributed by atoms with van der Waals surface area (Å²) in [6, 6.07) is 0. The largest absolute Gasteiger partial charge is 0.394 e. The second-order valence-electron chi connectivity index (χ2n) is 4.16.